The fourth-order valence-electron chi connectivity index (χ4n) is 2.69. The first-order valence-electron chi connectivity index (χ1n) is 8.29. The number of sulfonamides is 1. The molecule has 0 heterocycles. The Labute approximate surface area is 169 Å². The first-order valence-corrected chi connectivity index (χ1v) is 10.5. The van der Waals surface area contributed by atoms with Gasteiger partial charge in [0.1, 0.15) is 6.04 Å². The van der Waals surface area contributed by atoms with Gasteiger partial charge in [0, 0.05) is 5.69 Å². The van der Waals surface area contributed by atoms with Gasteiger partial charge in [0.05, 0.1) is 29.6 Å². The summed E-state index contributed by atoms with van der Waals surface area (Å²) in [6.07, 6.45) is 1.04. The fraction of sp³-hybridized carbons (Fsp3) is 0.263. The van der Waals surface area contributed by atoms with Gasteiger partial charge >= 0.3 is 5.97 Å². The van der Waals surface area contributed by atoms with E-state index in [0.717, 1.165) is 16.1 Å². The molecule has 9 heteroatoms. The van der Waals surface area contributed by atoms with Crippen LogP contribution in [0.25, 0.3) is 0 Å². The van der Waals surface area contributed by atoms with Gasteiger partial charge < -0.3 is 10.1 Å². The van der Waals surface area contributed by atoms with E-state index in [1.54, 1.807) is 18.2 Å². The number of esters is 1. The van der Waals surface area contributed by atoms with E-state index < -0.39 is 27.9 Å². The molecule has 0 spiro atoms. The van der Waals surface area contributed by atoms with Crippen molar-refractivity contribution in [2.24, 2.45) is 0 Å². The number of amides is 1. The zero-order valence-corrected chi connectivity index (χ0v) is 17.5. The minimum atomic E-state index is -3.73. The van der Waals surface area contributed by atoms with E-state index in [9.17, 15) is 18.0 Å². The van der Waals surface area contributed by atoms with Gasteiger partial charge in [-0.2, -0.15) is 0 Å². The lowest BCUT2D eigenvalue weighted by Gasteiger charge is -2.28. The number of carbonyl (C=O) groups excluding carboxylic acids is 2. The average molecular weight is 425 g/mol. The number of halogens is 1. The zero-order chi connectivity index (χ0) is 21.1. The van der Waals surface area contributed by atoms with Gasteiger partial charge in [0.25, 0.3) is 0 Å². The number of hydrogen-bond acceptors (Lipinski definition) is 5. The first-order chi connectivity index (χ1) is 13.0. The van der Waals surface area contributed by atoms with Crippen LogP contribution in [0.5, 0.6) is 0 Å². The summed E-state index contributed by atoms with van der Waals surface area (Å²) in [4.78, 5) is 24.5. The molecule has 150 valence electrons. The summed E-state index contributed by atoms with van der Waals surface area (Å²) in [5.41, 5.74) is 1.63. The van der Waals surface area contributed by atoms with Gasteiger partial charge in [-0.1, -0.05) is 23.7 Å². The Bertz CT molecular complexity index is 1010. The third-order valence-electron chi connectivity index (χ3n) is 3.98. The average Bonchev–Trinajstić information content (AvgIpc) is 2.61. The molecule has 0 saturated carbocycles. The molecule has 0 aliphatic rings. The third-order valence-corrected chi connectivity index (χ3v) is 5.56. The SMILES string of the molecule is COC(=O)c1cc(NC(=O)[C@H](C)N(c2cccc(C)c2)S(C)(=O)=O)ccc1Cl. The van der Waals surface area contributed by atoms with E-state index in [0.29, 0.717) is 11.4 Å². The van der Waals surface area contributed by atoms with Crippen molar-refractivity contribution in [1.82, 2.24) is 0 Å². The number of hydrogen-bond donors (Lipinski definition) is 1. The number of nitrogens with one attached hydrogen (secondary N) is 1. The van der Waals surface area contributed by atoms with Crippen LogP contribution in [0.2, 0.25) is 5.02 Å². The Morgan fingerprint density at radius 3 is 2.43 bits per heavy atom. The molecule has 2 aromatic rings. The second-order valence-electron chi connectivity index (χ2n) is 6.25. The first kappa shape index (κ1) is 21.7. The maximum Gasteiger partial charge on any atom is 0.339 e. The highest BCUT2D eigenvalue weighted by Gasteiger charge is 2.29. The summed E-state index contributed by atoms with van der Waals surface area (Å²) in [6, 6.07) is 10.1. The van der Waals surface area contributed by atoms with Gasteiger partial charge in [-0.3, -0.25) is 9.10 Å². The van der Waals surface area contributed by atoms with Crippen LogP contribution in [0.1, 0.15) is 22.8 Å². The Hall–Kier alpha value is -2.58. The van der Waals surface area contributed by atoms with Crippen molar-refractivity contribution in [3.63, 3.8) is 0 Å². The molecular weight excluding hydrogens is 404 g/mol. The van der Waals surface area contributed by atoms with E-state index in [-0.39, 0.29) is 10.6 Å². The van der Waals surface area contributed by atoms with Gasteiger partial charge in [0.15, 0.2) is 0 Å². The maximum atomic E-state index is 12.7. The fourth-order valence-corrected chi connectivity index (χ4v) is 4.05. The van der Waals surface area contributed by atoms with Crippen LogP contribution < -0.4 is 9.62 Å². The van der Waals surface area contributed by atoms with Crippen molar-refractivity contribution in [3.8, 4) is 0 Å². The molecule has 0 aromatic heterocycles. The third kappa shape index (κ3) is 5.02. The highest BCUT2D eigenvalue weighted by atomic mass is 35.5. The molecule has 2 rings (SSSR count). The summed E-state index contributed by atoms with van der Waals surface area (Å²) >= 11 is 5.97. The summed E-state index contributed by atoms with van der Waals surface area (Å²) < 4.78 is 30.4. The Morgan fingerprint density at radius 2 is 1.86 bits per heavy atom. The number of carbonyl (C=O) groups is 2. The van der Waals surface area contributed by atoms with Gasteiger partial charge in [-0.05, 0) is 49.7 Å². The number of benzene rings is 2. The lowest BCUT2D eigenvalue weighted by atomic mass is 10.2. The van der Waals surface area contributed by atoms with Crippen molar-refractivity contribution in [2.45, 2.75) is 19.9 Å². The molecule has 1 atom stereocenters. The molecule has 0 aliphatic carbocycles. The van der Waals surface area contributed by atoms with Crippen LogP contribution in [-0.2, 0) is 19.6 Å². The molecule has 28 heavy (non-hydrogen) atoms. The number of methoxy groups -OCH3 is 1. The minimum absolute atomic E-state index is 0.0910. The monoisotopic (exact) mass is 424 g/mol. The van der Waals surface area contributed by atoms with E-state index in [1.807, 2.05) is 13.0 Å². The van der Waals surface area contributed by atoms with Crippen molar-refractivity contribution >= 4 is 44.9 Å². The predicted molar refractivity (Wildman–Crippen MR) is 109 cm³/mol. The van der Waals surface area contributed by atoms with Gasteiger partial charge in [-0.15, -0.1) is 0 Å². The Morgan fingerprint density at radius 1 is 1.18 bits per heavy atom. The topological polar surface area (TPSA) is 92.8 Å². The van der Waals surface area contributed by atoms with Gasteiger partial charge in [0.2, 0.25) is 15.9 Å². The van der Waals surface area contributed by atoms with Crippen LogP contribution in [0.3, 0.4) is 0 Å². The summed E-state index contributed by atoms with van der Waals surface area (Å²) in [5, 5.41) is 2.79. The highest BCUT2D eigenvalue weighted by Crippen LogP contribution is 2.24. The number of rotatable bonds is 6. The van der Waals surface area contributed by atoms with Crippen LogP contribution in [0.4, 0.5) is 11.4 Å². The lowest BCUT2D eigenvalue weighted by Crippen LogP contribution is -2.45. The molecule has 1 amide bonds. The van der Waals surface area contributed by atoms with Gasteiger partial charge in [-0.25, -0.2) is 13.2 Å². The van der Waals surface area contributed by atoms with E-state index in [4.69, 9.17) is 11.6 Å². The second kappa shape index (κ2) is 8.62. The molecular formula is C19H21ClN2O5S. The molecule has 0 unspecified atom stereocenters. The zero-order valence-electron chi connectivity index (χ0n) is 15.9. The van der Waals surface area contributed by atoms with E-state index in [1.165, 1.54) is 32.2 Å². The summed E-state index contributed by atoms with van der Waals surface area (Å²) in [6.45, 7) is 3.31. The predicted octanol–water partition coefficient (Wildman–Crippen LogP) is 3.23. The highest BCUT2D eigenvalue weighted by molar-refractivity contribution is 7.92. The quantitative estimate of drug-likeness (QED) is 0.718. The molecule has 0 aliphatic heterocycles. The maximum absolute atomic E-state index is 12.7. The lowest BCUT2D eigenvalue weighted by molar-refractivity contribution is -0.116. The molecule has 0 fully saturated rings. The standard InChI is InChI=1S/C19H21ClN2O5S/c1-12-6-5-7-15(10-12)22(28(4,25)26)13(2)18(23)21-14-8-9-17(20)16(11-14)19(24)27-3/h5-11,13H,1-4H3,(H,21,23)/t13-/m0/s1. The number of ether oxygens (including phenoxy) is 1. The van der Waals surface area contributed by atoms with Crippen LogP contribution in [0.15, 0.2) is 42.5 Å². The smallest absolute Gasteiger partial charge is 0.339 e. The minimum Gasteiger partial charge on any atom is -0.465 e. The summed E-state index contributed by atoms with van der Waals surface area (Å²) in [7, 11) is -2.51. The van der Waals surface area contributed by atoms with Crippen molar-refractivity contribution < 1.29 is 22.7 Å². The molecule has 2 aromatic carbocycles. The van der Waals surface area contributed by atoms with Crippen molar-refractivity contribution in [2.75, 3.05) is 23.0 Å². The Kier molecular flexibility index (Phi) is 6.69. The molecule has 7 nitrogen and oxygen atoms in total. The molecule has 0 bridgehead atoms. The largest absolute Gasteiger partial charge is 0.465 e. The normalized spacial score (nSPS) is 12.2. The molecule has 1 N–H and O–H groups in total. The number of nitrogens with zero attached hydrogens (tertiary/aromatic N) is 1. The van der Waals surface area contributed by atoms with E-state index >= 15 is 0 Å². The number of anilines is 2. The second-order valence-corrected chi connectivity index (χ2v) is 8.52. The summed E-state index contributed by atoms with van der Waals surface area (Å²) in [5.74, 6) is -1.21. The molecule has 0 saturated heterocycles. The van der Waals surface area contributed by atoms with Crippen LogP contribution in [-0.4, -0.2) is 39.7 Å². The van der Waals surface area contributed by atoms with Crippen LogP contribution in [0, 0.1) is 6.92 Å². The van der Waals surface area contributed by atoms with Crippen LogP contribution >= 0.6 is 11.6 Å². The van der Waals surface area contributed by atoms with Crippen molar-refractivity contribution in [1.29, 1.82) is 0 Å². The van der Waals surface area contributed by atoms with Crippen molar-refractivity contribution in [3.05, 3.63) is 58.6 Å². The Balaban J connectivity index is 2.33. The molecule has 0 radical (unpaired) electrons. The number of aryl methyl sites for hydroxylation is 1. The van der Waals surface area contributed by atoms with E-state index in [2.05, 4.69) is 10.1 Å².